The molecule has 0 bridgehead atoms. The molecule has 0 unspecified atom stereocenters. The van der Waals surface area contributed by atoms with Crippen LogP contribution in [0.3, 0.4) is 0 Å². The van der Waals surface area contributed by atoms with E-state index in [2.05, 4.69) is 39.6 Å². The number of nitrogens with one attached hydrogen (secondary N) is 1. The van der Waals surface area contributed by atoms with E-state index in [0.717, 1.165) is 11.0 Å². The van der Waals surface area contributed by atoms with E-state index in [4.69, 9.17) is 5.73 Å². The molecule has 0 aliphatic carbocycles. The summed E-state index contributed by atoms with van der Waals surface area (Å²) in [6.45, 7) is 15.3. The average molecular weight is 534 g/mol. The first-order valence-corrected chi connectivity index (χ1v) is 9.09. The van der Waals surface area contributed by atoms with E-state index in [1.54, 1.807) is 12.3 Å². The first-order chi connectivity index (χ1) is 12.3. The molecule has 144 valence electrons. The van der Waals surface area contributed by atoms with Crippen molar-refractivity contribution in [2.24, 2.45) is 0 Å². The van der Waals surface area contributed by atoms with Crippen molar-refractivity contribution in [1.29, 1.82) is 0 Å². The van der Waals surface area contributed by atoms with Crippen LogP contribution in [0.25, 0.3) is 16.8 Å². The summed E-state index contributed by atoms with van der Waals surface area (Å²) in [5.74, 6) is -0.677. The van der Waals surface area contributed by atoms with Crippen molar-refractivity contribution >= 4 is 16.9 Å². The maximum atomic E-state index is 11.8. The summed E-state index contributed by atoms with van der Waals surface area (Å²) in [5, 5.41) is 0.893. The Morgan fingerprint density at radius 3 is 2.04 bits per heavy atom. The molecule has 3 aromatic rings. The molecule has 0 saturated carbocycles. The van der Waals surface area contributed by atoms with E-state index in [0.29, 0.717) is 12.2 Å². The van der Waals surface area contributed by atoms with Crippen LogP contribution >= 0.6 is 0 Å². The molecule has 0 fully saturated rings. The zero-order valence-corrected chi connectivity index (χ0v) is 20.2. The Morgan fingerprint density at radius 2 is 1.52 bits per heavy atom. The van der Waals surface area contributed by atoms with Crippen LogP contribution in [0.2, 0.25) is 0 Å². The monoisotopic (exact) mass is 534 g/mol. The van der Waals surface area contributed by atoms with Crippen LogP contribution < -0.4 is 0 Å². The Balaban J connectivity index is 0.00000118. The average Bonchev–Trinajstić information content (AvgIpc) is 3.02. The fourth-order valence-electron chi connectivity index (χ4n) is 3.41. The van der Waals surface area contributed by atoms with Gasteiger partial charge in [0, 0.05) is 32.6 Å². The van der Waals surface area contributed by atoms with Crippen LogP contribution in [-0.2, 0) is 27.6 Å². The number of hydrogen-bond acceptors (Lipinski definition) is 2. The van der Waals surface area contributed by atoms with E-state index in [1.165, 1.54) is 33.4 Å². The normalized spacial score (nSPS) is 10.2. The fraction of sp³-hybridized carbons (Fsp3) is 0.364. The van der Waals surface area contributed by atoms with Gasteiger partial charge in [0.25, 0.3) is 0 Å². The molecule has 2 heterocycles. The van der Waals surface area contributed by atoms with Gasteiger partial charge in [-0.2, -0.15) is 0 Å². The van der Waals surface area contributed by atoms with Gasteiger partial charge in [-0.05, 0) is 86.2 Å². The van der Waals surface area contributed by atoms with E-state index in [-0.39, 0.29) is 21.1 Å². The smallest absolute Gasteiger partial charge is 0.140 e. The van der Waals surface area contributed by atoms with E-state index < -0.39 is 5.91 Å². The molecule has 3 rings (SSSR count). The number of hydrogen-bond donors (Lipinski definition) is 0. The second kappa shape index (κ2) is 9.32. The molecule has 27 heavy (non-hydrogen) atoms. The third-order valence-corrected chi connectivity index (χ3v) is 5.36. The van der Waals surface area contributed by atoms with Gasteiger partial charge in [0.1, 0.15) is 5.65 Å². The summed E-state index contributed by atoms with van der Waals surface area (Å²) >= 11 is 0. The summed E-state index contributed by atoms with van der Waals surface area (Å²) in [5.41, 5.74) is 16.3. The Labute approximate surface area is 176 Å². The summed E-state index contributed by atoms with van der Waals surface area (Å²) in [6.07, 6.45) is 1.72. The van der Waals surface area contributed by atoms with Crippen LogP contribution in [0.15, 0.2) is 24.4 Å². The summed E-state index contributed by atoms with van der Waals surface area (Å²) < 4.78 is 1.87. The largest absolute Gasteiger partial charge is 0.662 e. The SMILES string of the molecule is CC.Cc1c(C)c(C)c(Cn2c(C([NH-])=O)cc3cccnc32)c(C)c1C.[W]. The number of carbonyl (C=O) groups is 1. The van der Waals surface area contributed by atoms with Crippen molar-refractivity contribution in [2.45, 2.75) is 55.0 Å². The number of aromatic nitrogens is 2. The molecular formula is C22H28N3OW-. The van der Waals surface area contributed by atoms with E-state index >= 15 is 0 Å². The van der Waals surface area contributed by atoms with Crippen molar-refractivity contribution in [2.75, 3.05) is 0 Å². The van der Waals surface area contributed by atoms with Gasteiger partial charge in [-0.25, -0.2) is 4.98 Å². The predicted octanol–water partition coefficient (Wildman–Crippen LogP) is 5.84. The molecule has 2 aromatic heterocycles. The quantitative estimate of drug-likeness (QED) is 0.424. The molecule has 0 radical (unpaired) electrons. The van der Waals surface area contributed by atoms with Crippen molar-refractivity contribution in [3.63, 3.8) is 0 Å². The Bertz CT molecular complexity index is 944. The molecule has 0 spiro atoms. The predicted molar refractivity (Wildman–Crippen MR) is 109 cm³/mol. The molecular weight excluding hydrogens is 506 g/mol. The number of nitrogens with zero attached hydrogens (tertiary/aromatic N) is 2. The molecule has 4 nitrogen and oxygen atoms in total. The van der Waals surface area contributed by atoms with E-state index in [1.807, 2.05) is 30.5 Å². The summed E-state index contributed by atoms with van der Waals surface area (Å²) in [4.78, 5) is 16.2. The maximum Gasteiger partial charge on any atom is 0.140 e. The number of benzene rings is 1. The second-order valence-electron chi connectivity index (χ2n) is 6.46. The molecule has 5 heteroatoms. The van der Waals surface area contributed by atoms with Crippen molar-refractivity contribution in [3.8, 4) is 0 Å². The fourth-order valence-corrected chi connectivity index (χ4v) is 3.41. The summed E-state index contributed by atoms with van der Waals surface area (Å²) in [7, 11) is 0. The molecule has 0 saturated heterocycles. The first-order valence-electron chi connectivity index (χ1n) is 9.09. The third-order valence-electron chi connectivity index (χ3n) is 5.36. The van der Waals surface area contributed by atoms with Gasteiger partial charge in [-0.15, -0.1) is 0 Å². The molecule has 1 aromatic carbocycles. The molecule has 0 aliphatic rings. The Morgan fingerprint density at radius 1 is 1.00 bits per heavy atom. The zero-order chi connectivity index (χ0) is 19.6. The van der Waals surface area contributed by atoms with Crippen LogP contribution in [-0.4, -0.2) is 15.5 Å². The number of rotatable bonds is 3. The van der Waals surface area contributed by atoms with Crippen molar-refractivity contribution in [3.05, 3.63) is 69.2 Å². The number of amides is 1. The number of pyridine rings is 1. The zero-order valence-electron chi connectivity index (χ0n) is 17.2. The first kappa shape index (κ1) is 23.1. The molecule has 1 amide bonds. The van der Waals surface area contributed by atoms with Gasteiger partial charge in [0.05, 0.1) is 18.1 Å². The Kier molecular flexibility index (Phi) is 7.98. The third kappa shape index (κ3) is 4.16. The molecule has 1 N–H and O–H groups in total. The summed E-state index contributed by atoms with van der Waals surface area (Å²) in [6, 6.07) is 5.54. The molecule has 0 aliphatic heterocycles. The van der Waals surface area contributed by atoms with Gasteiger partial charge in [-0.3, -0.25) is 0 Å². The van der Waals surface area contributed by atoms with Gasteiger partial charge < -0.3 is 15.1 Å². The van der Waals surface area contributed by atoms with Crippen LogP contribution in [0.1, 0.15) is 57.7 Å². The standard InChI is InChI=1S/C20H23N3O.C2H6.W/c1-11-12(2)14(4)17(15(5)13(11)3)10-23-18(19(21)24)9-16-7-6-8-22-20(16)23;1-2;/h6-9H,10H2,1-5H3,(H2,21,24);1-2H3;/p-1. The minimum atomic E-state index is -0.677. The van der Waals surface area contributed by atoms with Crippen LogP contribution in [0.5, 0.6) is 0 Å². The van der Waals surface area contributed by atoms with Gasteiger partial charge in [-0.1, -0.05) is 13.8 Å². The number of carbonyl (C=O) groups excluding carboxylic acids is 1. The minimum Gasteiger partial charge on any atom is -0.662 e. The Hall–Kier alpha value is -1.93. The number of fused-ring (bicyclic) bond motifs is 1. The van der Waals surface area contributed by atoms with Gasteiger partial charge in [0.2, 0.25) is 0 Å². The van der Waals surface area contributed by atoms with Gasteiger partial charge in [0.15, 0.2) is 0 Å². The van der Waals surface area contributed by atoms with Crippen LogP contribution in [0, 0.1) is 34.6 Å². The van der Waals surface area contributed by atoms with Crippen LogP contribution in [0.4, 0.5) is 0 Å². The van der Waals surface area contributed by atoms with E-state index in [9.17, 15) is 4.79 Å². The van der Waals surface area contributed by atoms with Crippen molar-refractivity contribution in [1.82, 2.24) is 9.55 Å². The van der Waals surface area contributed by atoms with Gasteiger partial charge >= 0.3 is 0 Å². The molecule has 0 atom stereocenters. The van der Waals surface area contributed by atoms with Crippen molar-refractivity contribution < 1.29 is 25.9 Å². The maximum absolute atomic E-state index is 11.8. The topological polar surface area (TPSA) is 58.7 Å². The second-order valence-corrected chi connectivity index (χ2v) is 6.46. The minimum absolute atomic E-state index is 0.